The fraction of sp³-hybridized carbons (Fsp3) is 0.259. The first-order valence-electron chi connectivity index (χ1n) is 11.5. The Balaban J connectivity index is 1.32. The molecule has 1 aliphatic heterocycles. The number of carbonyl (C=O) groups excluding carboxylic acids is 2. The molecule has 1 N–H and O–H groups in total. The highest BCUT2D eigenvalue weighted by Gasteiger charge is 2.22. The summed E-state index contributed by atoms with van der Waals surface area (Å²) in [4.78, 5) is 28.6. The molecule has 1 aliphatic rings. The third kappa shape index (κ3) is 5.96. The minimum atomic E-state index is -3.72. The molecule has 0 aromatic heterocycles. The molecule has 8 heteroatoms. The molecule has 0 unspecified atom stereocenters. The maximum absolute atomic E-state index is 13.0. The van der Waals surface area contributed by atoms with Gasteiger partial charge in [0.25, 0.3) is 5.91 Å². The Bertz CT molecular complexity index is 1310. The van der Waals surface area contributed by atoms with Gasteiger partial charge in [0.2, 0.25) is 10.0 Å². The first kappa shape index (κ1) is 24.6. The Morgan fingerprint density at radius 2 is 1.49 bits per heavy atom. The summed E-state index contributed by atoms with van der Waals surface area (Å²) in [6, 6.07) is 21.2. The monoisotopic (exact) mass is 491 g/mol. The number of aryl methyl sites for hydroxylation is 1. The maximum atomic E-state index is 13.0. The van der Waals surface area contributed by atoms with Crippen LogP contribution in [0.2, 0.25) is 0 Å². The SMILES string of the molecule is CC(=O)c1ccc(S(=O)(=O)NCc2ccc(C(=O)N3CCN(c4cccc(C)c4)CC3)cc2)cc1. The molecule has 0 radical (unpaired) electrons. The van der Waals surface area contributed by atoms with Gasteiger partial charge in [0.1, 0.15) is 0 Å². The molecule has 0 bridgehead atoms. The standard InChI is InChI=1S/C27H29N3O4S/c1-20-4-3-5-25(18-20)29-14-16-30(17-15-29)27(32)24-8-6-22(7-9-24)19-28-35(33,34)26-12-10-23(11-13-26)21(2)31/h3-13,18,28H,14-17,19H2,1-2H3. The lowest BCUT2D eigenvalue weighted by atomic mass is 10.1. The van der Waals surface area contributed by atoms with Gasteiger partial charge in [-0.2, -0.15) is 0 Å². The Morgan fingerprint density at radius 3 is 2.09 bits per heavy atom. The van der Waals surface area contributed by atoms with E-state index in [1.807, 2.05) is 11.0 Å². The van der Waals surface area contributed by atoms with Crippen molar-refractivity contribution in [3.8, 4) is 0 Å². The molecule has 4 rings (SSSR count). The number of hydrogen-bond donors (Lipinski definition) is 1. The Morgan fingerprint density at radius 1 is 0.857 bits per heavy atom. The van der Waals surface area contributed by atoms with Crippen LogP contribution in [-0.4, -0.2) is 51.2 Å². The number of carbonyl (C=O) groups is 2. The van der Waals surface area contributed by atoms with Gasteiger partial charge in [0.05, 0.1) is 4.90 Å². The molecule has 1 saturated heterocycles. The van der Waals surface area contributed by atoms with Crippen molar-refractivity contribution in [2.75, 3.05) is 31.1 Å². The Labute approximate surface area is 206 Å². The summed E-state index contributed by atoms with van der Waals surface area (Å²) < 4.78 is 27.7. The van der Waals surface area contributed by atoms with Gasteiger partial charge in [-0.1, -0.05) is 36.4 Å². The molecule has 0 saturated carbocycles. The summed E-state index contributed by atoms with van der Waals surface area (Å²) in [5, 5.41) is 0. The van der Waals surface area contributed by atoms with Crippen molar-refractivity contribution in [3.05, 3.63) is 95.1 Å². The highest BCUT2D eigenvalue weighted by Crippen LogP contribution is 2.19. The number of amides is 1. The summed E-state index contributed by atoms with van der Waals surface area (Å²) >= 11 is 0. The molecule has 0 atom stereocenters. The van der Waals surface area contributed by atoms with E-state index in [9.17, 15) is 18.0 Å². The topological polar surface area (TPSA) is 86.8 Å². The van der Waals surface area contributed by atoms with E-state index < -0.39 is 10.0 Å². The zero-order chi connectivity index (χ0) is 25.0. The zero-order valence-corrected chi connectivity index (χ0v) is 20.7. The predicted octanol–water partition coefficient (Wildman–Crippen LogP) is 3.64. The number of ketones is 1. The van der Waals surface area contributed by atoms with Gasteiger partial charge in [-0.15, -0.1) is 0 Å². The first-order chi connectivity index (χ1) is 16.7. The van der Waals surface area contributed by atoms with Crippen molar-refractivity contribution in [2.45, 2.75) is 25.3 Å². The number of nitrogens with one attached hydrogen (secondary N) is 1. The number of sulfonamides is 1. The molecular weight excluding hydrogens is 462 g/mol. The second-order valence-electron chi connectivity index (χ2n) is 8.72. The fourth-order valence-electron chi connectivity index (χ4n) is 4.07. The molecule has 3 aromatic rings. The van der Waals surface area contributed by atoms with Gasteiger partial charge in [-0.3, -0.25) is 9.59 Å². The molecule has 3 aromatic carbocycles. The van der Waals surface area contributed by atoms with Crippen molar-refractivity contribution in [2.24, 2.45) is 0 Å². The number of piperazine rings is 1. The summed E-state index contributed by atoms with van der Waals surface area (Å²) in [7, 11) is -3.72. The lowest BCUT2D eigenvalue weighted by Gasteiger charge is -2.36. The van der Waals surface area contributed by atoms with E-state index in [-0.39, 0.29) is 23.1 Å². The lowest BCUT2D eigenvalue weighted by molar-refractivity contribution is 0.0746. The van der Waals surface area contributed by atoms with Crippen LogP contribution in [0.25, 0.3) is 0 Å². The van der Waals surface area contributed by atoms with Crippen LogP contribution < -0.4 is 9.62 Å². The van der Waals surface area contributed by atoms with Crippen molar-refractivity contribution >= 4 is 27.4 Å². The zero-order valence-electron chi connectivity index (χ0n) is 19.9. The van der Waals surface area contributed by atoms with Gasteiger partial charge < -0.3 is 9.80 Å². The number of anilines is 1. The quantitative estimate of drug-likeness (QED) is 0.510. The van der Waals surface area contributed by atoms with Crippen LogP contribution in [0.5, 0.6) is 0 Å². The molecule has 0 spiro atoms. The highest BCUT2D eigenvalue weighted by molar-refractivity contribution is 7.89. The van der Waals surface area contributed by atoms with Crippen LogP contribution in [0.15, 0.2) is 77.7 Å². The van der Waals surface area contributed by atoms with E-state index in [4.69, 9.17) is 0 Å². The minimum Gasteiger partial charge on any atom is -0.368 e. The molecule has 0 aliphatic carbocycles. The van der Waals surface area contributed by atoms with E-state index in [0.717, 1.165) is 18.7 Å². The second-order valence-corrected chi connectivity index (χ2v) is 10.5. The van der Waals surface area contributed by atoms with Crippen LogP contribution in [0.3, 0.4) is 0 Å². The smallest absolute Gasteiger partial charge is 0.253 e. The minimum absolute atomic E-state index is 0.0217. The normalized spacial score (nSPS) is 14.1. The Kier molecular flexibility index (Phi) is 7.33. The molecule has 1 heterocycles. The average Bonchev–Trinajstić information content (AvgIpc) is 2.87. The molecule has 182 valence electrons. The third-order valence-electron chi connectivity index (χ3n) is 6.17. The molecular formula is C27H29N3O4S. The van der Waals surface area contributed by atoms with Crippen LogP contribution in [0.4, 0.5) is 5.69 Å². The molecule has 1 fully saturated rings. The Hall–Kier alpha value is -3.49. The highest BCUT2D eigenvalue weighted by atomic mass is 32.2. The van der Waals surface area contributed by atoms with E-state index in [1.54, 1.807) is 24.3 Å². The summed E-state index contributed by atoms with van der Waals surface area (Å²) in [6.07, 6.45) is 0. The maximum Gasteiger partial charge on any atom is 0.253 e. The van der Waals surface area contributed by atoms with Gasteiger partial charge in [0, 0.05) is 49.5 Å². The van der Waals surface area contributed by atoms with E-state index in [1.165, 1.54) is 42.4 Å². The predicted molar refractivity (Wildman–Crippen MR) is 136 cm³/mol. The number of nitrogens with zero attached hydrogens (tertiary/aromatic N) is 2. The number of rotatable bonds is 7. The molecule has 7 nitrogen and oxygen atoms in total. The van der Waals surface area contributed by atoms with Crippen molar-refractivity contribution in [3.63, 3.8) is 0 Å². The summed E-state index contributed by atoms with van der Waals surface area (Å²) in [5.74, 6) is -0.142. The van der Waals surface area contributed by atoms with E-state index >= 15 is 0 Å². The van der Waals surface area contributed by atoms with Gasteiger partial charge >= 0.3 is 0 Å². The van der Waals surface area contributed by atoms with Crippen molar-refractivity contribution in [1.29, 1.82) is 0 Å². The summed E-state index contributed by atoms with van der Waals surface area (Å²) in [6.45, 7) is 6.46. The average molecular weight is 492 g/mol. The van der Waals surface area contributed by atoms with E-state index in [2.05, 4.69) is 34.7 Å². The van der Waals surface area contributed by atoms with Gasteiger partial charge in [-0.25, -0.2) is 13.1 Å². The van der Waals surface area contributed by atoms with E-state index in [0.29, 0.717) is 24.2 Å². The third-order valence-corrected chi connectivity index (χ3v) is 7.59. The largest absolute Gasteiger partial charge is 0.368 e. The van der Waals surface area contributed by atoms with Crippen molar-refractivity contribution in [1.82, 2.24) is 9.62 Å². The first-order valence-corrected chi connectivity index (χ1v) is 13.0. The van der Waals surface area contributed by atoms with Gasteiger partial charge in [-0.05, 0) is 61.4 Å². The number of hydrogen-bond acceptors (Lipinski definition) is 5. The molecule has 35 heavy (non-hydrogen) atoms. The van der Waals surface area contributed by atoms with Crippen molar-refractivity contribution < 1.29 is 18.0 Å². The lowest BCUT2D eigenvalue weighted by Crippen LogP contribution is -2.48. The van der Waals surface area contributed by atoms with Crippen LogP contribution in [0.1, 0.15) is 38.8 Å². The van der Waals surface area contributed by atoms with Crippen LogP contribution >= 0.6 is 0 Å². The van der Waals surface area contributed by atoms with Gasteiger partial charge in [0.15, 0.2) is 5.78 Å². The number of benzene rings is 3. The molecule has 1 amide bonds. The van der Waals surface area contributed by atoms with Crippen LogP contribution in [-0.2, 0) is 16.6 Å². The fourth-order valence-corrected chi connectivity index (χ4v) is 5.09. The summed E-state index contributed by atoms with van der Waals surface area (Å²) in [5.41, 5.74) is 4.18. The number of Topliss-reactive ketones (excluding diaryl/α,β-unsaturated/α-hetero) is 1. The van der Waals surface area contributed by atoms with Crippen LogP contribution in [0, 0.1) is 6.92 Å². The second kappa shape index (κ2) is 10.4.